The zero-order valence-corrected chi connectivity index (χ0v) is 11.0. The van der Waals surface area contributed by atoms with Gasteiger partial charge in [-0.3, -0.25) is 4.79 Å². The molecule has 1 N–H and O–H groups in total. The lowest BCUT2D eigenvalue weighted by atomic mass is 10.2. The van der Waals surface area contributed by atoms with Crippen molar-refractivity contribution in [3.8, 4) is 0 Å². The molecule has 5 nitrogen and oxygen atoms in total. The predicted molar refractivity (Wildman–Crippen MR) is 68.6 cm³/mol. The highest BCUT2D eigenvalue weighted by molar-refractivity contribution is 7.08. The molecule has 6 heteroatoms. The second kappa shape index (κ2) is 6.30. The third-order valence-corrected chi connectivity index (χ3v) is 3.30. The van der Waals surface area contributed by atoms with Crippen molar-refractivity contribution < 1.29 is 9.21 Å². The molecule has 0 spiro atoms. The van der Waals surface area contributed by atoms with Crippen LogP contribution in [0.2, 0.25) is 0 Å². The van der Waals surface area contributed by atoms with Gasteiger partial charge in [-0.2, -0.15) is 0 Å². The first-order chi connectivity index (χ1) is 8.81. The van der Waals surface area contributed by atoms with Crippen molar-refractivity contribution in [3.63, 3.8) is 0 Å². The number of carbonyl (C=O) groups is 1. The van der Waals surface area contributed by atoms with Crippen LogP contribution in [0.5, 0.6) is 0 Å². The molecule has 0 atom stereocenters. The van der Waals surface area contributed by atoms with E-state index in [-0.39, 0.29) is 5.91 Å². The third kappa shape index (κ3) is 3.16. The molecule has 0 saturated carbocycles. The van der Waals surface area contributed by atoms with Gasteiger partial charge in [0, 0.05) is 6.54 Å². The molecule has 2 heterocycles. The van der Waals surface area contributed by atoms with E-state index in [1.54, 1.807) is 12.5 Å². The highest BCUT2D eigenvalue weighted by atomic mass is 32.1. The molecule has 1 amide bonds. The maximum atomic E-state index is 11.9. The van der Waals surface area contributed by atoms with E-state index in [9.17, 15) is 4.79 Å². The monoisotopic (exact) mass is 265 g/mol. The van der Waals surface area contributed by atoms with Gasteiger partial charge in [-0.05, 0) is 36.0 Å². The molecule has 2 aromatic rings. The molecule has 0 aliphatic carbocycles. The van der Waals surface area contributed by atoms with Gasteiger partial charge in [-0.15, -0.1) is 5.10 Å². The summed E-state index contributed by atoms with van der Waals surface area (Å²) in [7, 11) is 0. The van der Waals surface area contributed by atoms with Crippen molar-refractivity contribution in [2.75, 3.05) is 6.54 Å². The SMILES string of the molecule is CCCc1nnsc1C(=O)NCCc1ccoc1. The normalized spacial score (nSPS) is 10.5. The van der Waals surface area contributed by atoms with Crippen LogP contribution >= 0.6 is 11.5 Å². The summed E-state index contributed by atoms with van der Waals surface area (Å²) in [6.07, 6.45) is 5.83. The van der Waals surface area contributed by atoms with Crippen LogP contribution in [0, 0.1) is 0 Å². The number of hydrogen-bond acceptors (Lipinski definition) is 5. The first-order valence-electron chi connectivity index (χ1n) is 5.91. The number of hydrogen-bond donors (Lipinski definition) is 1. The van der Waals surface area contributed by atoms with Crippen molar-refractivity contribution in [1.29, 1.82) is 0 Å². The lowest BCUT2D eigenvalue weighted by Gasteiger charge is -2.02. The summed E-state index contributed by atoms with van der Waals surface area (Å²) in [5, 5.41) is 6.85. The third-order valence-electron chi connectivity index (χ3n) is 2.53. The van der Waals surface area contributed by atoms with Crippen LogP contribution in [0.4, 0.5) is 0 Å². The Bertz CT molecular complexity index is 493. The summed E-state index contributed by atoms with van der Waals surface area (Å²) >= 11 is 1.15. The van der Waals surface area contributed by atoms with Gasteiger partial charge in [-0.1, -0.05) is 17.8 Å². The maximum absolute atomic E-state index is 11.9. The zero-order valence-electron chi connectivity index (χ0n) is 10.2. The molecule has 0 fully saturated rings. The van der Waals surface area contributed by atoms with E-state index in [1.807, 2.05) is 6.07 Å². The quantitative estimate of drug-likeness (QED) is 0.868. The summed E-state index contributed by atoms with van der Waals surface area (Å²) in [6.45, 7) is 2.64. The Labute approximate surface area is 109 Å². The van der Waals surface area contributed by atoms with Gasteiger partial charge in [-0.25, -0.2) is 0 Å². The van der Waals surface area contributed by atoms with Gasteiger partial charge in [0.15, 0.2) is 0 Å². The molecule has 0 aliphatic rings. The Balaban J connectivity index is 1.85. The Kier molecular flexibility index (Phi) is 4.46. The van der Waals surface area contributed by atoms with E-state index >= 15 is 0 Å². The molecule has 0 radical (unpaired) electrons. The van der Waals surface area contributed by atoms with Crippen LogP contribution in [0.3, 0.4) is 0 Å². The van der Waals surface area contributed by atoms with Crippen molar-refractivity contribution in [2.24, 2.45) is 0 Å². The van der Waals surface area contributed by atoms with Crippen LogP contribution in [-0.4, -0.2) is 22.0 Å². The van der Waals surface area contributed by atoms with Gasteiger partial charge in [0.2, 0.25) is 0 Å². The number of amides is 1. The maximum Gasteiger partial charge on any atom is 0.264 e. The number of rotatable bonds is 6. The largest absolute Gasteiger partial charge is 0.472 e. The fourth-order valence-corrected chi connectivity index (χ4v) is 2.24. The van der Waals surface area contributed by atoms with Gasteiger partial charge in [0.05, 0.1) is 18.2 Å². The molecule has 0 aromatic carbocycles. The van der Waals surface area contributed by atoms with Crippen molar-refractivity contribution >= 4 is 17.4 Å². The van der Waals surface area contributed by atoms with Crippen LogP contribution in [-0.2, 0) is 12.8 Å². The molecule has 0 saturated heterocycles. The lowest BCUT2D eigenvalue weighted by Crippen LogP contribution is -2.25. The number of furan rings is 1. The van der Waals surface area contributed by atoms with Crippen molar-refractivity contribution in [2.45, 2.75) is 26.2 Å². The van der Waals surface area contributed by atoms with Gasteiger partial charge < -0.3 is 9.73 Å². The minimum absolute atomic E-state index is 0.0862. The van der Waals surface area contributed by atoms with Gasteiger partial charge in [0.1, 0.15) is 4.88 Å². The van der Waals surface area contributed by atoms with E-state index in [0.717, 1.165) is 42.1 Å². The van der Waals surface area contributed by atoms with E-state index < -0.39 is 0 Å². The average Bonchev–Trinajstić information content (AvgIpc) is 3.00. The Morgan fingerprint density at radius 1 is 1.50 bits per heavy atom. The molecular formula is C12H15N3O2S. The number of nitrogens with zero attached hydrogens (tertiary/aromatic N) is 2. The standard InChI is InChI=1S/C12H15N3O2S/c1-2-3-10-11(18-15-14-10)12(16)13-6-4-9-5-7-17-8-9/h5,7-8H,2-4,6H2,1H3,(H,13,16). The molecule has 0 aliphatic heterocycles. The van der Waals surface area contributed by atoms with E-state index in [0.29, 0.717) is 11.4 Å². The predicted octanol–water partition coefficient (Wildman–Crippen LogP) is 2.06. The van der Waals surface area contributed by atoms with E-state index in [4.69, 9.17) is 4.42 Å². The summed E-state index contributed by atoms with van der Waals surface area (Å²) in [4.78, 5) is 12.6. The van der Waals surface area contributed by atoms with Crippen molar-refractivity contribution in [3.05, 3.63) is 34.7 Å². The summed E-state index contributed by atoms with van der Waals surface area (Å²) in [5.41, 5.74) is 1.87. The zero-order chi connectivity index (χ0) is 12.8. The fourth-order valence-electron chi connectivity index (χ4n) is 1.62. The number of aryl methyl sites for hydroxylation is 1. The van der Waals surface area contributed by atoms with Crippen LogP contribution in [0.15, 0.2) is 23.0 Å². The molecule has 0 unspecified atom stereocenters. The second-order valence-electron chi connectivity index (χ2n) is 3.94. The summed E-state index contributed by atoms with van der Waals surface area (Å²) in [5.74, 6) is -0.0862. The topological polar surface area (TPSA) is 68.0 Å². The number of aromatic nitrogens is 2. The molecule has 96 valence electrons. The Morgan fingerprint density at radius 3 is 3.11 bits per heavy atom. The molecular weight excluding hydrogens is 250 g/mol. The summed E-state index contributed by atoms with van der Waals surface area (Å²) in [6, 6.07) is 1.89. The van der Waals surface area contributed by atoms with Gasteiger partial charge >= 0.3 is 0 Å². The lowest BCUT2D eigenvalue weighted by molar-refractivity contribution is 0.0957. The molecule has 2 rings (SSSR count). The second-order valence-corrected chi connectivity index (χ2v) is 4.69. The highest BCUT2D eigenvalue weighted by Gasteiger charge is 2.14. The number of carbonyl (C=O) groups excluding carboxylic acids is 1. The molecule has 0 bridgehead atoms. The first-order valence-corrected chi connectivity index (χ1v) is 6.69. The number of nitrogens with one attached hydrogen (secondary N) is 1. The van der Waals surface area contributed by atoms with E-state index in [1.165, 1.54) is 0 Å². The Morgan fingerprint density at radius 2 is 2.39 bits per heavy atom. The highest BCUT2D eigenvalue weighted by Crippen LogP contribution is 2.12. The smallest absolute Gasteiger partial charge is 0.264 e. The summed E-state index contributed by atoms with van der Waals surface area (Å²) < 4.78 is 8.80. The van der Waals surface area contributed by atoms with E-state index in [2.05, 4.69) is 21.8 Å². The van der Waals surface area contributed by atoms with Crippen LogP contribution in [0.1, 0.15) is 34.3 Å². The minimum atomic E-state index is -0.0862. The molecule has 18 heavy (non-hydrogen) atoms. The molecule has 2 aromatic heterocycles. The first kappa shape index (κ1) is 12.8. The van der Waals surface area contributed by atoms with Crippen LogP contribution < -0.4 is 5.32 Å². The van der Waals surface area contributed by atoms with Gasteiger partial charge in [0.25, 0.3) is 5.91 Å². The van der Waals surface area contributed by atoms with Crippen molar-refractivity contribution in [1.82, 2.24) is 14.9 Å². The Hall–Kier alpha value is -1.69. The average molecular weight is 265 g/mol. The van der Waals surface area contributed by atoms with Crippen LogP contribution in [0.25, 0.3) is 0 Å². The minimum Gasteiger partial charge on any atom is -0.472 e. The fraction of sp³-hybridized carbons (Fsp3) is 0.417.